The quantitative estimate of drug-likeness (QED) is 0.735. The van der Waals surface area contributed by atoms with Crippen LogP contribution in [0.4, 0.5) is 5.69 Å². The van der Waals surface area contributed by atoms with E-state index in [-0.39, 0.29) is 6.10 Å². The molecule has 0 bridgehead atoms. The minimum atomic E-state index is 0.182. The van der Waals surface area contributed by atoms with E-state index < -0.39 is 0 Å². The van der Waals surface area contributed by atoms with Gasteiger partial charge in [-0.05, 0) is 33.9 Å². The van der Waals surface area contributed by atoms with Gasteiger partial charge < -0.3 is 15.0 Å². The summed E-state index contributed by atoms with van der Waals surface area (Å²) in [6, 6.07) is 2.03. The van der Waals surface area contributed by atoms with Gasteiger partial charge >= 0.3 is 0 Å². The summed E-state index contributed by atoms with van der Waals surface area (Å²) in [5.41, 5.74) is 1.10. The number of hydrogen-bond donors (Lipinski definition) is 1. The topological polar surface area (TPSA) is 37.4 Å². The van der Waals surface area contributed by atoms with Crippen LogP contribution in [0.1, 0.15) is 20.3 Å². The largest absolute Gasteiger partial charge is 0.489 e. The second-order valence-electron chi connectivity index (χ2n) is 4.42. The summed E-state index contributed by atoms with van der Waals surface area (Å²) in [4.78, 5) is 6.40. The van der Waals surface area contributed by atoms with Crippen LogP contribution in [-0.4, -0.2) is 38.3 Å². The second-order valence-corrected chi connectivity index (χ2v) is 4.42. The summed E-state index contributed by atoms with van der Waals surface area (Å²) in [5, 5.41) is 3.15. The van der Waals surface area contributed by atoms with Crippen LogP contribution in [0, 0.1) is 0 Å². The zero-order valence-corrected chi connectivity index (χ0v) is 11.2. The average molecular weight is 237 g/mol. The number of rotatable bonds is 7. The number of ether oxygens (including phenoxy) is 1. The highest BCUT2D eigenvalue weighted by Crippen LogP contribution is 2.19. The molecule has 1 N–H and O–H groups in total. The first-order chi connectivity index (χ1) is 8.13. The lowest BCUT2D eigenvalue weighted by molar-refractivity contribution is 0.241. The van der Waals surface area contributed by atoms with Crippen LogP contribution in [0.25, 0.3) is 0 Å². The molecule has 1 rings (SSSR count). The lowest BCUT2D eigenvalue weighted by atomic mass is 10.3. The molecule has 0 fully saturated rings. The van der Waals surface area contributed by atoms with E-state index in [9.17, 15) is 0 Å². The van der Waals surface area contributed by atoms with Crippen LogP contribution in [0.2, 0.25) is 0 Å². The van der Waals surface area contributed by atoms with E-state index in [0.29, 0.717) is 0 Å². The van der Waals surface area contributed by atoms with Crippen molar-refractivity contribution in [3.8, 4) is 5.75 Å². The third-order valence-electron chi connectivity index (χ3n) is 2.43. The molecule has 4 heteroatoms. The van der Waals surface area contributed by atoms with E-state index in [1.54, 1.807) is 6.20 Å². The third-order valence-corrected chi connectivity index (χ3v) is 2.43. The van der Waals surface area contributed by atoms with E-state index in [1.165, 1.54) is 0 Å². The number of nitrogens with zero attached hydrogens (tertiary/aromatic N) is 2. The smallest absolute Gasteiger partial charge is 0.140 e. The molecule has 0 amide bonds. The van der Waals surface area contributed by atoms with Crippen LogP contribution < -0.4 is 15.0 Å². The van der Waals surface area contributed by atoms with Gasteiger partial charge in [0.15, 0.2) is 0 Å². The van der Waals surface area contributed by atoms with Crippen molar-refractivity contribution in [2.24, 2.45) is 0 Å². The second kappa shape index (κ2) is 7.12. The molecule has 0 saturated carbocycles. The Morgan fingerprint density at radius 3 is 2.82 bits per heavy atom. The maximum atomic E-state index is 5.63. The molecule has 0 atom stereocenters. The van der Waals surface area contributed by atoms with Gasteiger partial charge in [-0.2, -0.15) is 0 Å². The van der Waals surface area contributed by atoms with Crippen LogP contribution in [0.3, 0.4) is 0 Å². The molecule has 0 saturated heterocycles. The predicted octanol–water partition coefficient (Wildman–Crippen LogP) is 1.91. The van der Waals surface area contributed by atoms with E-state index in [0.717, 1.165) is 30.9 Å². The monoisotopic (exact) mass is 237 g/mol. The summed E-state index contributed by atoms with van der Waals surface area (Å²) < 4.78 is 5.63. The van der Waals surface area contributed by atoms with Gasteiger partial charge in [0.05, 0.1) is 24.2 Å². The highest BCUT2D eigenvalue weighted by molar-refractivity contribution is 5.47. The first-order valence-corrected chi connectivity index (χ1v) is 6.11. The number of pyridine rings is 1. The van der Waals surface area contributed by atoms with Crippen LogP contribution in [0.5, 0.6) is 5.75 Å². The Kier molecular flexibility index (Phi) is 5.77. The van der Waals surface area contributed by atoms with Crippen molar-refractivity contribution in [2.75, 3.05) is 32.1 Å². The van der Waals surface area contributed by atoms with Crippen molar-refractivity contribution in [3.63, 3.8) is 0 Å². The first kappa shape index (κ1) is 13.8. The van der Waals surface area contributed by atoms with Crippen molar-refractivity contribution in [1.82, 2.24) is 10.3 Å². The fraction of sp³-hybridized carbons (Fsp3) is 0.615. The van der Waals surface area contributed by atoms with E-state index in [2.05, 4.69) is 22.2 Å². The highest BCUT2D eigenvalue weighted by Gasteiger charge is 2.04. The molecule has 0 radical (unpaired) electrons. The van der Waals surface area contributed by atoms with Crippen molar-refractivity contribution < 1.29 is 4.74 Å². The zero-order chi connectivity index (χ0) is 12.7. The van der Waals surface area contributed by atoms with Gasteiger partial charge in [-0.25, -0.2) is 0 Å². The molecule has 1 aromatic heterocycles. The van der Waals surface area contributed by atoms with Crippen LogP contribution in [0.15, 0.2) is 18.5 Å². The molecule has 1 aromatic rings. The van der Waals surface area contributed by atoms with Gasteiger partial charge in [-0.15, -0.1) is 0 Å². The number of nitrogens with one attached hydrogen (secondary N) is 1. The number of anilines is 1. The Hall–Kier alpha value is -1.29. The third kappa shape index (κ3) is 5.04. The van der Waals surface area contributed by atoms with Crippen molar-refractivity contribution in [1.29, 1.82) is 0 Å². The van der Waals surface area contributed by atoms with Crippen molar-refractivity contribution in [2.45, 2.75) is 26.4 Å². The molecular formula is C13H23N3O. The van der Waals surface area contributed by atoms with E-state index in [4.69, 9.17) is 4.74 Å². The molecule has 0 aromatic carbocycles. The SMILES string of the molecule is CNCCCN(C)c1cncc(OC(C)C)c1. The maximum Gasteiger partial charge on any atom is 0.140 e. The Labute approximate surface area is 104 Å². The summed E-state index contributed by atoms with van der Waals surface area (Å²) in [6.45, 7) is 6.07. The molecule has 0 aliphatic carbocycles. The molecule has 0 aliphatic rings. The van der Waals surface area contributed by atoms with Gasteiger partial charge in [-0.1, -0.05) is 0 Å². The Bertz CT molecular complexity index is 328. The van der Waals surface area contributed by atoms with Crippen LogP contribution >= 0.6 is 0 Å². The minimum Gasteiger partial charge on any atom is -0.489 e. The Balaban J connectivity index is 2.57. The zero-order valence-electron chi connectivity index (χ0n) is 11.2. The normalized spacial score (nSPS) is 10.6. The van der Waals surface area contributed by atoms with E-state index in [1.807, 2.05) is 33.2 Å². The molecule has 0 spiro atoms. The van der Waals surface area contributed by atoms with E-state index >= 15 is 0 Å². The summed E-state index contributed by atoms with van der Waals surface area (Å²) >= 11 is 0. The molecule has 0 aliphatic heterocycles. The van der Waals surface area contributed by atoms with Gasteiger partial charge in [0.1, 0.15) is 5.75 Å². The summed E-state index contributed by atoms with van der Waals surface area (Å²) in [6.07, 6.45) is 4.92. The van der Waals surface area contributed by atoms with Crippen LogP contribution in [-0.2, 0) is 0 Å². The molecule has 17 heavy (non-hydrogen) atoms. The molecule has 0 unspecified atom stereocenters. The fourth-order valence-corrected chi connectivity index (χ4v) is 1.57. The standard InChI is InChI=1S/C13H23N3O/c1-11(2)17-13-8-12(9-15-10-13)16(4)7-5-6-14-3/h8-11,14H,5-7H2,1-4H3. The molecule has 1 heterocycles. The molecular weight excluding hydrogens is 214 g/mol. The first-order valence-electron chi connectivity index (χ1n) is 6.11. The van der Waals surface area contributed by atoms with Gasteiger partial charge in [0.25, 0.3) is 0 Å². The molecule has 4 nitrogen and oxygen atoms in total. The predicted molar refractivity (Wildman–Crippen MR) is 71.8 cm³/mol. The Morgan fingerprint density at radius 1 is 1.41 bits per heavy atom. The highest BCUT2D eigenvalue weighted by atomic mass is 16.5. The average Bonchev–Trinajstić information content (AvgIpc) is 2.28. The number of hydrogen-bond acceptors (Lipinski definition) is 4. The minimum absolute atomic E-state index is 0.182. The Morgan fingerprint density at radius 2 is 2.18 bits per heavy atom. The molecule has 96 valence electrons. The lowest BCUT2D eigenvalue weighted by Gasteiger charge is -2.20. The fourth-order valence-electron chi connectivity index (χ4n) is 1.57. The summed E-state index contributed by atoms with van der Waals surface area (Å²) in [5.74, 6) is 0.831. The van der Waals surface area contributed by atoms with Crippen molar-refractivity contribution in [3.05, 3.63) is 18.5 Å². The number of aromatic nitrogens is 1. The van der Waals surface area contributed by atoms with Gasteiger partial charge in [0, 0.05) is 19.7 Å². The van der Waals surface area contributed by atoms with Crippen molar-refractivity contribution >= 4 is 5.69 Å². The maximum absolute atomic E-state index is 5.63. The lowest BCUT2D eigenvalue weighted by Crippen LogP contribution is -2.22. The van der Waals surface area contributed by atoms with Gasteiger partial charge in [0.2, 0.25) is 0 Å². The summed E-state index contributed by atoms with van der Waals surface area (Å²) in [7, 11) is 4.05. The van der Waals surface area contributed by atoms with Gasteiger partial charge in [-0.3, -0.25) is 4.98 Å².